The maximum absolute atomic E-state index is 12.6. The highest BCUT2D eigenvalue weighted by atomic mass is 16.2. The highest BCUT2D eigenvalue weighted by Gasteiger charge is 2.28. The van der Waals surface area contributed by atoms with Gasteiger partial charge in [-0.3, -0.25) is 9.59 Å². The SMILES string of the molecule is CC(=O)N1C=Cc2ccccc2C1CC(=O)Nc1cccc(NC(N)=O)c1. The van der Waals surface area contributed by atoms with Gasteiger partial charge in [0, 0.05) is 24.5 Å². The number of benzene rings is 2. The second-order valence-electron chi connectivity index (χ2n) is 6.21. The van der Waals surface area contributed by atoms with Crippen molar-refractivity contribution in [2.24, 2.45) is 5.73 Å². The van der Waals surface area contributed by atoms with Gasteiger partial charge < -0.3 is 21.3 Å². The molecule has 0 aromatic heterocycles. The van der Waals surface area contributed by atoms with Crippen LogP contribution in [0, 0.1) is 0 Å². The summed E-state index contributed by atoms with van der Waals surface area (Å²) in [6.07, 6.45) is 3.68. The predicted octanol–water partition coefficient (Wildman–Crippen LogP) is 3.08. The lowest BCUT2D eigenvalue weighted by Crippen LogP contribution is -2.33. The Morgan fingerprint density at radius 2 is 1.74 bits per heavy atom. The van der Waals surface area contributed by atoms with Crippen LogP contribution < -0.4 is 16.4 Å². The third kappa shape index (κ3) is 4.33. The van der Waals surface area contributed by atoms with E-state index in [2.05, 4.69) is 10.6 Å². The zero-order valence-electron chi connectivity index (χ0n) is 14.8. The van der Waals surface area contributed by atoms with E-state index < -0.39 is 6.03 Å². The number of primary amides is 1. The number of nitrogens with two attached hydrogens (primary N) is 1. The number of fused-ring (bicyclic) bond motifs is 1. The van der Waals surface area contributed by atoms with Crippen molar-refractivity contribution in [2.45, 2.75) is 19.4 Å². The second-order valence-corrected chi connectivity index (χ2v) is 6.21. The quantitative estimate of drug-likeness (QED) is 0.776. The molecule has 7 heteroatoms. The van der Waals surface area contributed by atoms with Crippen LogP contribution in [0.5, 0.6) is 0 Å². The maximum atomic E-state index is 12.6. The molecule has 4 N–H and O–H groups in total. The van der Waals surface area contributed by atoms with Crippen molar-refractivity contribution in [3.05, 3.63) is 65.9 Å². The van der Waals surface area contributed by atoms with Gasteiger partial charge in [0.1, 0.15) is 0 Å². The summed E-state index contributed by atoms with van der Waals surface area (Å²) in [4.78, 5) is 37.1. The number of nitrogens with one attached hydrogen (secondary N) is 2. The molecule has 3 rings (SSSR count). The molecule has 27 heavy (non-hydrogen) atoms. The molecule has 4 amide bonds. The van der Waals surface area contributed by atoms with E-state index in [1.807, 2.05) is 30.3 Å². The molecule has 1 heterocycles. The fraction of sp³-hybridized carbons (Fsp3) is 0.150. The largest absolute Gasteiger partial charge is 0.351 e. The van der Waals surface area contributed by atoms with E-state index >= 15 is 0 Å². The van der Waals surface area contributed by atoms with Crippen molar-refractivity contribution in [1.29, 1.82) is 0 Å². The first-order valence-corrected chi connectivity index (χ1v) is 8.46. The summed E-state index contributed by atoms with van der Waals surface area (Å²) in [5.41, 5.74) is 8.03. The Kier molecular flexibility index (Phi) is 5.21. The van der Waals surface area contributed by atoms with Gasteiger partial charge in [-0.05, 0) is 35.4 Å². The summed E-state index contributed by atoms with van der Waals surface area (Å²) < 4.78 is 0. The molecule has 0 bridgehead atoms. The van der Waals surface area contributed by atoms with Gasteiger partial charge in [-0.1, -0.05) is 30.3 Å². The van der Waals surface area contributed by atoms with Crippen LogP contribution >= 0.6 is 0 Å². The topological polar surface area (TPSA) is 105 Å². The summed E-state index contributed by atoms with van der Waals surface area (Å²) >= 11 is 0. The van der Waals surface area contributed by atoms with Crippen molar-refractivity contribution >= 4 is 35.3 Å². The zero-order chi connectivity index (χ0) is 19.4. The van der Waals surface area contributed by atoms with Crippen molar-refractivity contribution in [3.63, 3.8) is 0 Å². The Labute approximate surface area is 156 Å². The van der Waals surface area contributed by atoms with Crippen LogP contribution in [0.3, 0.4) is 0 Å². The Morgan fingerprint density at radius 1 is 1.04 bits per heavy atom. The first-order valence-electron chi connectivity index (χ1n) is 8.46. The van der Waals surface area contributed by atoms with Crippen molar-refractivity contribution in [1.82, 2.24) is 4.90 Å². The minimum absolute atomic E-state index is 0.106. The van der Waals surface area contributed by atoms with Gasteiger partial charge in [0.2, 0.25) is 11.8 Å². The number of nitrogens with zero attached hydrogens (tertiary/aromatic N) is 1. The average Bonchev–Trinajstić information content (AvgIpc) is 2.61. The van der Waals surface area contributed by atoms with E-state index in [0.29, 0.717) is 11.4 Å². The molecule has 1 aliphatic rings. The third-order valence-electron chi connectivity index (χ3n) is 4.26. The lowest BCUT2D eigenvalue weighted by molar-refractivity contribution is -0.129. The van der Waals surface area contributed by atoms with Crippen LogP contribution in [0.2, 0.25) is 0 Å². The summed E-state index contributed by atoms with van der Waals surface area (Å²) in [5.74, 6) is -0.376. The molecular formula is C20H20N4O3. The normalized spacial score (nSPS) is 15.0. The smallest absolute Gasteiger partial charge is 0.316 e. The molecule has 1 atom stereocenters. The van der Waals surface area contributed by atoms with E-state index in [4.69, 9.17) is 5.73 Å². The Balaban J connectivity index is 1.77. The van der Waals surface area contributed by atoms with Crippen LogP contribution in [0.15, 0.2) is 54.7 Å². The van der Waals surface area contributed by atoms with E-state index in [1.165, 1.54) is 6.92 Å². The molecule has 0 saturated carbocycles. The standard InChI is InChI=1S/C20H20N4O3/c1-13(25)24-10-9-14-5-2-3-8-17(14)18(24)12-19(26)22-15-6-4-7-16(11-15)23-20(21)27/h2-11,18H,12H2,1H3,(H,22,26)(H3,21,23,27). The first-order chi connectivity index (χ1) is 12.9. The molecule has 0 aliphatic carbocycles. The van der Waals surface area contributed by atoms with E-state index in [1.54, 1.807) is 35.4 Å². The predicted molar refractivity (Wildman–Crippen MR) is 104 cm³/mol. The van der Waals surface area contributed by atoms with Crippen LogP contribution in [0.1, 0.15) is 30.5 Å². The fourth-order valence-electron chi connectivity index (χ4n) is 3.12. The maximum Gasteiger partial charge on any atom is 0.316 e. The summed E-state index contributed by atoms with van der Waals surface area (Å²) in [6.45, 7) is 1.47. The van der Waals surface area contributed by atoms with Gasteiger partial charge in [0.05, 0.1) is 12.5 Å². The summed E-state index contributed by atoms with van der Waals surface area (Å²) in [7, 11) is 0. The van der Waals surface area contributed by atoms with Gasteiger partial charge in [0.25, 0.3) is 0 Å². The van der Waals surface area contributed by atoms with Crippen LogP contribution in [-0.2, 0) is 9.59 Å². The lowest BCUT2D eigenvalue weighted by Gasteiger charge is -2.32. The molecule has 0 saturated heterocycles. The first kappa shape index (κ1) is 18.2. The zero-order valence-corrected chi connectivity index (χ0v) is 14.8. The lowest BCUT2D eigenvalue weighted by atomic mass is 9.93. The number of hydrogen-bond donors (Lipinski definition) is 3. The number of carbonyl (C=O) groups excluding carboxylic acids is 3. The minimum atomic E-state index is -0.679. The van der Waals surface area contributed by atoms with Gasteiger partial charge in [-0.25, -0.2) is 4.79 Å². The number of amides is 4. The van der Waals surface area contributed by atoms with E-state index in [-0.39, 0.29) is 24.3 Å². The Bertz CT molecular complexity index is 923. The van der Waals surface area contributed by atoms with Crippen molar-refractivity contribution < 1.29 is 14.4 Å². The molecule has 7 nitrogen and oxygen atoms in total. The molecule has 0 radical (unpaired) electrons. The second kappa shape index (κ2) is 7.74. The fourth-order valence-corrected chi connectivity index (χ4v) is 3.12. The van der Waals surface area contributed by atoms with Crippen molar-refractivity contribution in [2.75, 3.05) is 10.6 Å². The van der Waals surface area contributed by atoms with Gasteiger partial charge in [-0.2, -0.15) is 0 Å². The number of urea groups is 1. The van der Waals surface area contributed by atoms with Gasteiger partial charge >= 0.3 is 6.03 Å². The highest BCUT2D eigenvalue weighted by Crippen LogP contribution is 2.33. The minimum Gasteiger partial charge on any atom is -0.351 e. The summed E-state index contributed by atoms with van der Waals surface area (Å²) in [5, 5.41) is 5.26. The van der Waals surface area contributed by atoms with Crippen LogP contribution in [0.25, 0.3) is 6.08 Å². The highest BCUT2D eigenvalue weighted by molar-refractivity contribution is 5.94. The molecule has 0 spiro atoms. The monoisotopic (exact) mass is 364 g/mol. The third-order valence-corrected chi connectivity index (χ3v) is 4.26. The molecule has 2 aromatic carbocycles. The molecule has 1 unspecified atom stereocenters. The molecule has 0 fully saturated rings. The number of carbonyl (C=O) groups is 3. The van der Waals surface area contributed by atoms with Crippen LogP contribution in [0.4, 0.5) is 16.2 Å². The van der Waals surface area contributed by atoms with E-state index in [0.717, 1.165) is 11.1 Å². The Morgan fingerprint density at radius 3 is 2.44 bits per heavy atom. The molecular weight excluding hydrogens is 344 g/mol. The molecule has 138 valence electrons. The number of rotatable bonds is 4. The van der Waals surface area contributed by atoms with Crippen molar-refractivity contribution in [3.8, 4) is 0 Å². The van der Waals surface area contributed by atoms with Gasteiger partial charge in [-0.15, -0.1) is 0 Å². The Hall–Kier alpha value is -3.61. The van der Waals surface area contributed by atoms with Gasteiger partial charge in [0.15, 0.2) is 0 Å². The molecule has 2 aromatic rings. The number of hydrogen-bond acceptors (Lipinski definition) is 3. The number of anilines is 2. The molecule has 1 aliphatic heterocycles. The summed E-state index contributed by atoms with van der Waals surface area (Å²) in [6, 6.07) is 13.3. The van der Waals surface area contributed by atoms with Crippen LogP contribution in [-0.4, -0.2) is 22.7 Å². The van der Waals surface area contributed by atoms with E-state index in [9.17, 15) is 14.4 Å². The average molecular weight is 364 g/mol.